The largest absolute Gasteiger partial charge is 0.484 e. The molecular formula is C17H18N4O3. The molecule has 0 aliphatic heterocycles. The minimum atomic E-state index is -0.534. The molecule has 124 valence electrons. The van der Waals surface area contributed by atoms with Crippen molar-refractivity contribution in [2.45, 2.75) is 13.3 Å². The summed E-state index contributed by atoms with van der Waals surface area (Å²) in [6.45, 7) is 1.77. The summed E-state index contributed by atoms with van der Waals surface area (Å²) in [5.74, 6) is -0.323. The number of ether oxygens (including phenoxy) is 1. The molecule has 2 rings (SSSR count). The zero-order valence-corrected chi connectivity index (χ0v) is 13.2. The molecule has 24 heavy (non-hydrogen) atoms. The molecule has 0 saturated heterocycles. The van der Waals surface area contributed by atoms with Crippen LogP contribution in [0.3, 0.4) is 0 Å². The fourth-order valence-corrected chi connectivity index (χ4v) is 1.93. The number of nitrogens with one attached hydrogen (secondary N) is 1. The number of aromatic nitrogens is 1. The highest BCUT2D eigenvalue weighted by atomic mass is 16.5. The molecule has 7 nitrogen and oxygen atoms in total. The molecule has 3 N–H and O–H groups in total. The lowest BCUT2D eigenvalue weighted by atomic mass is 10.1. The van der Waals surface area contributed by atoms with Gasteiger partial charge in [0.25, 0.3) is 11.8 Å². The standard InChI is InChI=1S/C17H18N4O3/c1-2-15(20-21-17(23)13-4-3-9-19-10-13)12-5-7-14(8-6-12)24-11-16(18)22/h3-10H,2,11H2,1H3,(H2,18,22)(H,21,23)/b20-15-. The average Bonchev–Trinajstić information content (AvgIpc) is 2.62. The van der Waals surface area contributed by atoms with Crippen molar-refractivity contribution in [3.63, 3.8) is 0 Å². The maximum Gasteiger partial charge on any atom is 0.272 e. The Hall–Kier alpha value is -3.22. The highest BCUT2D eigenvalue weighted by Gasteiger charge is 2.06. The molecule has 1 aromatic carbocycles. The van der Waals surface area contributed by atoms with Gasteiger partial charge in [0.05, 0.1) is 11.3 Å². The Balaban J connectivity index is 2.04. The van der Waals surface area contributed by atoms with E-state index in [1.165, 1.54) is 6.20 Å². The number of nitrogens with zero attached hydrogens (tertiary/aromatic N) is 2. The van der Waals surface area contributed by atoms with E-state index in [4.69, 9.17) is 10.5 Å². The van der Waals surface area contributed by atoms with E-state index in [2.05, 4.69) is 15.5 Å². The zero-order chi connectivity index (χ0) is 17.4. The third-order valence-electron chi connectivity index (χ3n) is 3.12. The van der Waals surface area contributed by atoms with Crippen molar-refractivity contribution in [3.8, 4) is 5.75 Å². The van der Waals surface area contributed by atoms with E-state index in [0.29, 0.717) is 23.4 Å². The molecule has 0 unspecified atom stereocenters. The number of hydrogen-bond donors (Lipinski definition) is 2. The van der Waals surface area contributed by atoms with Gasteiger partial charge < -0.3 is 10.5 Å². The normalized spacial score (nSPS) is 11.0. The summed E-state index contributed by atoms with van der Waals surface area (Å²) < 4.78 is 5.20. The van der Waals surface area contributed by atoms with Crippen LogP contribution < -0.4 is 15.9 Å². The van der Waals surface area contributed by atoms with Crippen molar-refractivity contribution in [1.29, 1.82) is 0 Å². The van der Waals surface area contributed by atoms with Gasteiger partial charge >= 0.3 is 0 Å². The fourth-order valence-electron chi connectivity index (χ4n) is 1.93. The number of rotatable bonds is 7. The predicted molar refractivity (Wildman–Crippen MR) is 89.7 cm³/mol. The van der Waals surface area contributed by atoms with Crippen molar-refractivity contribution >= 4 is 17.5 Å². The Kier molecular flexibility index (Phi) is 6.01. The van der Waals surface area contributed by atoms with Gasteiger partial charge in [0.1, 0.15) is 5.75 Å². The van der Waals surface area contributed by atoms with Gasteiger partial charge in [-0.05, 0) is 48.4 Å². The molecule has 0 spiro atoms. The second-order valence-electron chi connectivity index (χ2n) is 4.87. The van der Waals surface area contributed by atoms with E-state index in [9.17, 15) is 9.59 Å². The Morgan fingerprint density at radius 2 is 1.96 bits per heavy atom. The molecule has 0 bridgehead atoms. The maximum atomic E-state index is 12.0. The lowest BCUT2D eigenvalue weighted by Gasteiger charge is -2.07. The van der Waals surface area contributed by atoms with E-state index in [0.717, 1.165) is 5.56 Å². The molecule has 2 amide bonds. The third kappa shape index (κ3) is 4.91. The van der Waals surface area contributed by atoms with Crippen molar-refractivity contribution in [3.05, 3.63) is 59.9 Å². The Labute approximate surface area is 139 Å². The number of hydrogen-bond acceptors (Lipinski definition) is 5. The van der Waals surface area contributed by atoms with Crippen LogP contribution in [0.25, 0.3) is 0 Å². The summed E-state index contributed by atoms with van der Waals surface area (Å²) in [7, 11) is 0. The van der Waals surface area contributed by atoms with Crippen LogP contribution in [0.4, 0.5) is 0 Å². The monoisotopic (exact) mass is 326 g/mol. The van der Waals surface area contributed by atoms with Crippen molar-refractivity contribution in [2.75, 3.05) is 6.61 Å². The van der Waals surface area contributed by atoms with Gasteiger partial charge in [-0.1, -0.05) is 6.92 Å². The van der Waals surface area contributed by atoms with Crippen LogP contribution in [-0.4, -0.2) is 29.1 Å². The van der Waals surface area contributed by atoms with Gasteiger partial charge in [-0.25, -0.2) is 5.43 Å². The van der Waals surface area contributed by atoms with Gasteiger partial charge in [0.2, 0.25) is 0 Å². The molecule has 1 heterocycles. The lowest BCUT2D eigenvalue weighted by molar-refractivity contribution is -0.119. The van der Waals surface area contributed by atoms with Crippen LogP contribution >= 0.6 is 0 Å². The number of amides is 2. The molecule has 2 aromatic rings. The van der Waals surface area contributed by atoms with Crippen molar-refractivity contribution in [1.82, 2.24) is 10.4 Å². The number of pyridine rings is 1. The summed E-state index contributed by atoms with van der Waals surface area (Å²) >= 11 is 0. The second-order valence-corrected chi connectivity index (χ2v) is 4.87. The van der Waals surface area contributed by atoms with E-state index >= 15 is 0 Å². The summed E-state index contributed by atoms with van der Waals surface area (Å²) in [6.07, 6.45) is 3.70. The van der Waals surface area contributed by atoms with Crippen LogP contribution in [0, 0.1) is 0 Å². The highest BCUT2D eigenvalue weighted by molar-refractivity contribution is 6.02. The first-order chi connectivity index (χ1) is 11.6. The third-order valence-corrected chi connectivity index (χ3v) is 3.12. The SMILES string of the molecule is CC/C(=N/NC(=O)c1cccnc1)c1ccc(OCC(N)=O)cc1. The molecule has 0 aliphatic rings. The maximum absolute atomic E-state index is 12.0. The van der Waals surface area contributed by atoms with Gasteiger partial charge in [0.15, 0.2) is 6.61 Å². The first kappa shape index (κ1) is 17.1. The first-order valence-electron chi connectivity index (χ1n) is 7.38. The quantitative estimate of drug-likeness (QED) is 0.594. The minimum Gasteiger partial charge on any atom is -0.484 e. The van der Waals surface area contributed by atoms with E-state index in [1.807, 2.05) is 6.92 Å². The molecule has 0 atom stereocenters. The molecule has 0 fully saturated rings. The predicted octanol–water partition coefficient (Wildman–Crippen LogP) is 1.49. The van der Waals surface area contributed by atoms with Crippen LogP contribution in [0.2, 0.25) is 0 Å². The molecular weight excluding hydrogens is 308 g/mol. The van der Waals surface area contributed by atoms with E-state index in [1.54, 1.807) is 42.6 Å². The summed E-state index contributed by atoms with van der Waals surface area (Å²) in [5.41, 5.74) is 9.54. The highest BCUT2D eigenvalue weighted by Crippen LogP contribution is 2.13. The molecule has 7 heteroatoms. The molecule has 1 aromatic heterocycles. The topological polar surface area (TPSA) is 107 Å². The van der Waals surface area contributed by atoms with Gasteiger partial charge in [-0.3, -0.25) is 14.6 Å². The first-order valence-corrected chi connectivity index (χ1v) is 7.38. The number of benzene rings is 1. The van der Waals surface area contributed by atoms with E-state index in [-0.39, 0.29) is 12.5 Å². The second kappa shape index (κ2) is 8.42. The van der Waals surface area contributed by atoms with Crippen LogP contribution in [-0.2, 0) is 4.79 Å². The Morgan fingerprint density at radius 3 is 2.54 bits per heavy atom. The average molecular weight is 326 g/mol. The Morgan fingerprint density at radius 1 is 1.21 bits per heavy atom. The number of primary amides is 1. The molecule has 0 aliphatic carbocycles. The van der Waals surface area contributed by atoms with Crippen molar-refractivity contribution < 1.29 is 14.3 Å². The Bertz CT molecular complexity index is 727. The van der Waals surface area contributed by atoms with Gasteiger partial charge in [-0.2, -0.15) is 5.10 Å². The minimum absolute atomic E-state index is 0.171. The fraction of sp³-hybridized carbons (Fsp3) is 0.176. The summed E-state index contributed by atoms with van der Waals surface area (Å²) in [4.78, 5) is 26.6. The number of nitrogens with two attached hydrogens (primary N) is 1. The van der Waals surface area contributed by atoms with Gasteiger partial charge in [0, 0.05) is 12.4 Å². The van der Waals surface area contributed by atoms with Crippen LogP contribution in [0.5, 0.6) is 5.75 Å². The van der Waals surface area contributed by atoms with Crippen LogP contribution in [0.15, 0.2) is 53.9 Å². The summed E-state index contributed by atoms with van der Waals surface area (Å²) in [5, 5.41) is 4.17. The van der Waals surface area contributed by atoms with Gasteiger partial charge in [-0.15, -0.1) is 0 Å². The number of hydrazone groups is 1. The smallest absolute Gasteiger partial charge is 0.272 e. The number of carbonyl (C=O) groups is 2. The molecule has 0 saturated carbocycles. The van der Waals surface area contributed by atoms with E-state index < -0.39 is 5.91 Å². The summed E-state index contributed by atoms with van der Waals surface area (Å²) in [6, 6.07) is 10.4. The van der Waals surface area contributed by atoms with Crippen molar-refractivity contribution in [2.24, 2.45) is 10.8 Å². The van der Waals surface area contributed by atoms with Crippen LogP contribution in [0.1, 0.15) is 29.3 Å². The molecule has 0 radical (unpaired) electrons. The number of carbonyl (C=O) groups excluding carboxylic acids is 2. The zero-order valence-electron chi connectivity index (χ0n) is 13.2. The lowest BCUT2D eigenvalue weighted by Crippen LogP contribution is -2.20.